The first kappa shape index (κ1) is 9.48. The van der Waals surface area contributed by atoms with E-state index in [0.717, 1.165) is 12.0 Å². The quantitative estimate of drug-likeness (QED) is 0.697. The van der Waals surface area contributed by atoms with Crippen LogP contribution in [-0.2, 0) is 6.42 Å². The van der Waals surface area contributed by atoms with Crippen LogP contribution in [0.15, 0.2) is 24.3 Å². The van der Waals surface area contributed by atoms with Crippen molar-refractivity contribution >= 4 is 31.1 Å². The van der Waals surface area contributed by atoms with Gasteiger partial charge in [-0.1, -0.05) is 12.1 Å². The number of aryl methyl sites for hydroxylation is 1. The second-order valence-electron chi connectivity index (χ2n) is 2.42. The maximum absolute atomic E-state index is 12.6. The Morgan fingerprint density at radius 2 is 2.27 bits per heavy atom. The number of hydrogen-bond acceptors (Lipinski definition) is 0. The normalized spacial score (nSPS) is 9.27. The molecule has 0 atom stereocenters. The molecule has 3 heteroatoms. The predicted octanol–water partition coefficient (Wildman–Crippen LogP) is 2.80. The molecule has 0 amide bonds. The van der Waals surface area contributed by atoms with Gasteiger partial charge in [0.2, 0.25) is 0 Å². The number of hydrogen-bond donors (Lipinski definition) is 0. The Morgan fingerprint density at radius 1 is 1.45 bits per heavy atom. The van der Waals surface area contributed by atoms with E-state index in [1.807, 2.05) is 6.07 Å². The largest absolute Gasteiger partial charge is 0.468 e. The van der Waals surface area contributed by atoms with Crippen LogP contribution in [-0.4, -0.2) is 18.2 Å². The first-order valence-corrected chi connectivity index (χ1v) is 8.53. The summed E-state index contributed by atoms with van der Waals surface area (Å²) in [7, 11) is 0. The summed E-state index contributed by atoms with van der Waals surface area (Å²) in [4.78, 5) is 0. The van der Waals surface area contributed by atoms with Gasteiger partial charge >= 0.3 is 18.2 Å². The minimum atomic E-state index is -0.126. The molecule has 0 fully saturated rings. The Balaban J connectivity index is 2.56. The second-order valence-corrected chi connectivity index (χ2v) is 5.89. The number of halogens is 2. The van der Waals surface area contributed by atoms with Gasteiger partial charge in [0.15, 0.2) is 0 Å². The van der Waals surface area contributed by atoms with Gasteiger partial charge in [-0.3, -0.25) is 0 Å². The maximum atomic E-state index is 12.6. The molecule has 0 bridgehead atoms. The first-order chi connectivity index (χ1) is 5.33. The first-order valence-electron chi connectivity index (χ1n) is 3.63. The fraction of sp³-hybridized carbons (Fsp3) is 0.250. The molecule has 11 heavy (non-hydrogen) atoms. The van der Waals surface area contributed by atoms with E-state index in [-0.39, 0.29) is 24.0 Å². The van der Waals surface area contributed by atoms with E-state index in [0.29, 0.717) is 0 Å². The zero-order chi connectivity index (χ0) is 8.10. The van der Waals surface area contributed by atoms with Crippen LogP contribution in [0.4, 0.5) is 4.39 Å². The lowest BCUT2D eigenvalue weighted by atomic mass is 10.2. The zero-order valence-corrected chi connectivity index (χ0v) is 9.19. The smallest absolute Gasteiger partial charge is 0.307 e. The molecule has 0 saturated heterocycles. The van der Waals surface area contributed by atoms with Gasteiger partial charge in [0.25, 0.3) is 0 Å². The average Bonchev–Trinajstić information content (AvgIpc) is 2.01. The lowest BCUT2D eigenvalue weighted by Crippen LogP contribution is -1.87. The van der Waals surface area contributed by atoms with Crippen molar-refractivity contribution in [3.63, 3.8) is 0 Å². The lowest BCUT2D eigenvalue weighted by Gasteiger charge is -1.97. The highest BCUT2D eigenvalue weighted by Gasteiger charge is 1.95. The van der Waals surface area contributed by atoms with Crippen molar-refractivity contribution in [3.05, 3.63) is 35.6 Å². The van der Waals surface area contributed by atoms with Gasteiger partial charge < -0.3 is 12.9 Å². The SMILES string of the molecule is Fc1cccc(C[CH2][Mg][Br])c1. The number of rotatable bonds is 3. The predicted molar refractivity (Wildman–Crippen MR) is 49.6 cm³/mol. The summed E-state index contributed by atoms with van der Waals surface area (Å²) >= 11 is 3.42. The van der Waals surface area contributed by atoms with E-state index in [1.54, 1.807) is 12.1 Å². The van der Waals surface area contributed by atoms with Crippen LogP contribution in [0.3, 0.4) is 0 Å². The van der Waals surface area contributed by atoms with Gasteiger partial charge in [0, 0.05) is 0 Å². The second kappa shape index (κ2) is 5.11. The third-order valence-electron chi connectivity index (χ3n) is 1.49. The molecule has 1 rings (SSSR count). The molecule has 0 saturated carbocycles. The van der Waals surface area contributed by atoms with Crippen LogP contribution < -0.4 is 0 Å². The monoisotopic (exact) mass is 226 g/mol. The Hall–Kier alpha value is 0.396. The molecule has 0 aliphatic heterocycles. The molecule has 0 nitrogen and oxygen atoms in total. The Morgan fingerprint density at radius 3 is 2.91 bits per heavy atom. The molecule has 0 aliphatic carbocycles. The number of benzene rings is 1. The summed E-state index contributed by atoms with van der Waals surface area (Å²) in [5.41, 5.74) is 1.11. The molecular weight excluding hydrogens is 219 g/mol. The fourth-order valence-electron chi connectivity index (χ4n) is 0.963. The molecule has 0 spiro atoms. The van der Waals surface area contributed by atoms with Crippen molar-refractivity contribution in [1.29, 1.82) is 0 Å². The molecule has 0 aliphatic rings. The molecule has 1 aromatic rings. The van der Waals surface area contributed by atoms with Crippen LogP contribution in [0.5, 0.6) is 0 Å². The van der Waals surface area contributed by atoms with Crippen LogP contribution in [0, 0.1) is 5.82 Å². The van der Waals surface area contributed by atoms with Gasteiger partial charge in [0.1, 0.15) is 5.82 Å². The van der Waals surface area contributed by atoms with Crippen LogP contribution in [0.2, 0.25) is 4.55 Å². The third-order valence-corrected chi connectivity index (χ3v) is 3.79. The molecular formula is C8H8BrFMg. The minimum Gasteiger partial charge on any atom is -0.307 e. The summed E-state index contributed by atoms with van der Waals surface area (Å²) in [6.45, 7) is 0. The highest BCUT2D eigenvalue weighted by Crippen LogP contribution is 2.06. The van der Waals surface area contributed by atoms with E-state index in [4.69, 9.17) is 0 Å². The van der Waals surface area contributed by atoms with E-state index >= 15 is 0 Å². The van der Waals surface area contributed by atoms with Crippen molar-refractivity contribution in [1.82, 2.24) is 0 Å². The van der Waals surface area contributed by atoms with Crippen molar-refractivity contribution in [2.24, 2.45) is 0 Å². The van der Waals surface area contributed by atoms with Crippen LogP contribution in [0.25, 0.3) is 0 Å². The summed E-state index contributed by atoms with van der Waals surface area (Å²) < 4.78 is 13.8. The fourth-order valence-corrected chi connectivity index (χ4v) is 2.35. The van der Waals surface area contributed by atoms with Gasteiger partial charge in [-0.15, -0.1) is 4.55 Å². The van der Waals surface area contributed by atoms with Gasteiger partial charge in [-0.2, -0.15) is 0 Å². The Kier molecular flexibility index (Phi) is 4.41. The maximum Gasteiger partial charge on any atom is 0.468 e. The molecule has 0 radical (unpaired) electrons. The zero-order valence-electron chi connectivity index (χ0n) is 6.19. The van der Waals surface area contributed by atoms with E-state index in [9.17, 15) is 4.39 Å². The summed E-state index contributed by atoms with van der Waals surface area (Å²) in [5, 5.41) is 0. The van der Waals surface area contributed by atoms with Gasteiger partial charge in [0.05, 0.1) is 0 Å². The summed E-state index contributed by atoms with van der Waals surface area (Å²) in [6.07, 6.45) is 1.01. The van der Waals surface area contributed by atoms with Crippen molar-refractivity contribution < 1.29 is 4.39 Å². The molecule has 56 valence electrons. The molecule has 0 heterocycles. The van der Waals surface area contributed by atoms with Gasteiger partial charge in [-0.05, 0) is 24.1 Å². The Labute approximate surface area is 81.8 Å². The third kappa shape index (κ3) is 3.54. The molecule has 1 aromatic carbocycles. The van der Waals surface area contributed by atoms with Crippen molar-refractivity contribution in [3.8, 4) is 0 Å². The molecule has 0 unspecified atom stereocenters. The standard InChI is InChI=1S/C8H8F.BrH.Mg/c1-2-7-4-3-5-8(9)6-7;;/h3-6H,1-2H2;1H;/q;;+1/p-1. The minimum absolute atomic E-state index is 0.0521. The van der Waals surface area contributed by atoms with Gasteiger partial charge in [-0.25, -0.2) is 4.39 Å². The van der Waals surface area contributed by atoms with Crippen LogP contribution in [0.1, 0.15) is 5.56 Å². The highest BCUT2D eigenvalue weighted by atomic mass is 79.9. The van der Waals surface area contributed by atoms with E-state index < -0.39 is 0 Å². The van der Waals surface area contributed by atoms with Crippen molar-refractivity contribution in [2.45, 2.75) is 11.0 Å². The lowest BCUT2D eigenvalue weighted by molar-refractivity contribution is 0.625. The van der Waals surface area contributed by atoms with E-state index in [2.05, 4.69) is 12.9 Å². The summed E-state index contributed by atoms with van der Waals surface area (Å²) in [6, 6.07) is 6.83. The summed E-state index contributed by atoms with van der Waals surface area (Å²) in [5.74, 6) is -0.126. The van der Waals surface area contributed by atoms with Crippen molar-refractivity contribution in [2.75, 3.05) is 0 Å². The average molecular weight is 227 g/mol. The highest BCUT2D eigenvalue weighted by molar-refractivity contribution is 9.23. The van der Waals surface area contributed by atoms with E-state index in [1.165, 1.54) is 10.6 Å². The molecule has 0 aromatic heterocycles. The van der Waals surface area contributed by atoms with Crippen LogP contribution >= 0.6 is 12.9 Å². The topological polar surface area (TPSA) is 0 Å². The Bertz CT molecular complexity index is 227. The molecule has 0 N–H and O–H groups in total.